The predicted octanol–water partition coefficient (Wildman–Crippen LogP) is 2.54. The molecule has 0 spiro atoms. The summed E-state index contributed by atoms with van der Waals surface area (Å²) >= 11 is 3.05. The molecule has 7 heteroatoms. The van der Waals surface area contributed by atoms with Crippen LogP contribution < -0.4 is 5.32 Å². The molecular weight excluding hydrogens is 260 g/mol. The second-order valence-electron chi connectivity index (χ2n) is 3.04. The topological polar surface area (TPSA) is 68.3 Å². The molecule has 0 saturated carbocycles. The van der Waals surface area contributed by atoms with Crippen LogP contribution >= 0.6 is 23.5 Å². The van der Waals surface area contributed by atoms with E-state index in [2.05, 4.69) is 5.32 Å². The lowest BCUT2D eigenvalue weighted by molar-refractivity contribution is -0.403. The highest BCUT2D eigenvalue weighted by Crippen LogP contribution is 2.12. The van der Waals surface area contributed by atoms with Crippen molar-refractivity contribution in [2.24, 2.45) is 0 Å². The van der Waals surface area contributed by atoms with Crippen molar-refractivity contribution in [3.05, 3.63) is 45.5 Å². The average Bonchev–Trinajstić information content (AvgIpc) is 2.79. The summed E-state index contributed by atoms with van der Waals surface area (Å²) in [7, 11) is 0. The molecule has 0 radical (unpaired) electrons. The Balaban J connectivity index is 2.13. The Kier molecular flexibility index (Phi) is 6.64. The molecule has 1 aromatic heterocycles. The zero-order valence-electron chi connectivity index (χ0n) is 9.42. The summed E-state index contributed by atoms with van der Waals surface area (Å²) in [6, 6.07) is 3.79. The van der Waals surface area contributed by atoms with E-state index in [0.29, 0.717) is 11.6 Å². The second-order valence-corrected chi connectivity index (χ2v) is 4.99. The maximum Gasteiger partial charge on any atom is 0.263 e. The van der Waals surface area contributed by atoms with Crippen molar-refractivity contribution in [1.29, 1.82) is 0 Å². The van der Waals surface area contributed by atoms with Gasteiger partial charge in [0.15, 0.2) is 0 Å². The van der Waals surface area contributed by atoms with Crippen LogP contribution in [0.5, 0.6) is 0 Å². The number of thioether (sulfide) groups is 2. The molecule has 1 N–H and O–H groups in total. The standard InChI is InChI=1S/C10H14N2O3S2/c1-16-10(7-12(13)14)11-4-6-17-8-9-3-2-5-15-9/h2-3,5,7,11H,4,6,8H2,1H3. The monoisotopic (exact) mass is 274 g/mol. The van der Waals surface area contributed by atoms with E-state index in [9.17, 15) is 10.1 Å². The van der Waals surface area contributed by atoms with Crippen LogP contribution in [0.4, 0.5) is 0 Å². The van der Waals surface area contributed by atoms with Crippen LogP contribution in [0.25, 0.3) is 0 Å². The summed E-state index contributed by atoms with van der Waals surface area (Å²) in [6.07, 6.45) is 4.44. The summed E-state index contributed by atoms with van der Waals surface area (Å²) in [6.45, 7) is 0.700. The lowest BCUT2D eigenvalue weighted by Crippen LogP contribution is -2.15. The summed E-state index contributed by atoms with van der Waals surface area (Å²) in [4.78, 5) is 9.82. The summed E-state index contributed by atoms with van der Waals surface area (Å²) in [5.74, 6) is 2.64. The lowest BCUT2D eigenvalue weighted by atomic mass is 10.5. The van der Waals surface area contributed by atoms with Crippen LogP contribution in [0.1, 0.15) is 5.76 Å². The van der Waals surface area contributed by atoms with Crippen molar-refractivity contribution in [2.45, 2.75) is 5.75 Å². The van der Waals surface area contributed by atoms with E-state index in [1.807, 2.05) is 12.1 Å². The fraction of sp³-hybridized carbons (Fsp3) is 0.400. The van der Waals surface area contributed by atoms with Crippen LogP contribution in [0.2, 0.25) is 0 Å². The SMILES string of the molecule is CSC(=C[N+](=O)[O-])NCCSCc1ccco1. The molecule has 0 bridgehead atoms. The minimum Gasteiger partial charge on any atom is -0.468 e. The molecule has 0 aliphatic carbocycles. The van der Waals surface area contributed by atoms with Crippen LogP contribution in [0, 0.1) is 10.1 Å². The van der Waals surface area contributed by atoms with Gasteiger partial charge in [0.25, 0.3) is 6.20 Å². The molecule has 94 valence electrons. The number of furan rings is 1. The van der Waals surface area contributed by atoms with Crippen LogP contribution in [-0.2, 0) is 5.75 Å². The van der Waals surface area contributed by atoms with Gasteiger partial charge in [-0.2, -0.15) is 11.8 Å². The Hall–Kier alpha value is -1.08. The van der Waals surface area contributed by atoms with Gasteiger partial charge in [-0.25, -0.2) is 0 Å². The number of nitrogens with one attached hydrogen (secondary N) is 1. The highest BCUT2D eigenvalue weighted by Gasteiger charge is 2.00. The Morgan fingerprint density at radius 2 is 2.53 bits per heavy atom. The third-order valence-electron chi connectivity index (χ3n) is 1.81. The maximum atomic E-state index is 10.3. The number of nitrogens with zero attached hydrogens (tertiary/aromatic N) is 1. The van der Waals surface area contributed by atoms with E-state index in [1.165, 1.54) is 11.8 Å². The minimum atomic E-state index is -0.450. The highest BCUT2D eigenvalue weighted by atomic mass is 32.2. The van der Waals surface area contributed by atoms with Crippen molar-refractivity contribution < 1.29 is 9.34 Å². The van der Waals surface area contributed by atoms with E-state index >= 15 is 0 Å². The molecule has 0 aliphatic heterocycles. The van der Waals surface area contributed by atoms with Crippen LogP contribution in [0.15, 0.2) is 34.0 Å². The van der Waals surface area contributed by atoms with Gasteiger partial charge in [-0.3, -0.25) is 10.1 Å². The number of hydrogen-bond donors (Lipinski definition) is 1. The lowest BCUT2D eigenvalue weighted by Gasteiger charge is -2.05. The molecule has 0 unspecified atom stereocenters. The van der Waals surface area contributed by atoms with E-state index < -0.39 is 4.92 Å². The Morgan fingerprint density at radius 3 is 3.12 bits per heavy atom. The van der Waals surface area contributed by atoms with E-state index in [0.717, 1.165) is 23.5 Å². The van der Waals surface area contributed by atoms with Crippen LogP contribution in [0.3, 0.4) is 0 Å². The van der Waals surface area contributed by atoms with E-state index in [1.54, 1.807) is 24.3 Å². The molecule has 0 aliphatic rings. The van der Waals surface area contributed by atoms with Crippen LogP contribution in [-0.4, -0.2) is 23.5 Å². The normalized spacial score (nSPS) is 11.5. The zero-order chi connectivity index (χ0) is 12.5. The molecule has 0 fully saturated rings. The first kappa shape index (κ1) is 14.0. The van der Waals surface area contributed by atoms with Gasteiger partial charge in [0.1, 0.15) is 10.8 Å². The Labute approximate surface area is 108 Å². The van der Waals surface area contributed by atoms with Gasteiger partial charge in [0, 0.05) is 12.3 Å². The predicted molar refractivity (Wildman–Crippen MR) is 71.5 cm³/mol. The third kappa shape index (κ3) is 6.28. The zero-order valence-corrected chi connectivity index (χ0v) is 11.1. The van der Waals surface area contributed by atoms with Gasteiger partial charge in [-0.15, -0.1) is 11.8 Å². The molecule has 1 rings (SSSR count). The largest absolute Gasteiger partial charge is 0.468 e. The maximum absolute atomic E-state index is 10.3. The smallest absolute Gasteiger partial charge is 0.263 e. The molecule has 5 nitrogen and oxygen atoms in total. The molecule has 0 aromatic carbocycles. The van der Waals surface area contributed by atoms with Crippen molar-refractivity contribution >= 4 is 23.5 Å². The van der Waals surface area contributed by atoms with Gasteiger partial charge < -0.3 is 9.73 Å². The van der Waals surface area contributed by atoms with Crippen molar-refractivity contribution in [1.82, 2.24) is 5.32 Å². The van der Waals surface area contributed by atoms with E-state index in [-0.39, 0.29) is 0 Å². The summed E-state index contributed by atoms with van der Waals surface area (Å²) < 4.78 is 5.19. The fourth-order valence-electron chi connectivity index (χ4n) is 1.08. The molecule has 1 heterocycles. The van der Waals surface area contributed by atoms with Gasteiger partial charge in [-0.1, -0.05) is 0 Å². The van der Waals surface area contributed by atoms with E-state index in [4.69, 9.17) is 4.42 Å². The summed E-state index contributed by atoms with van der Waals surface area (Å²) in [5, 5.41) is 13.9. The average molecular weight is 274 g/mol. The Bertz CT molecular complexity index is 366. The quantitative estimate of drug-likeness (QED) is 0.446. The van der Waals surface area contributed by atoms with Crippen molar-refractivity contribution in [3.63, 3.8) is 0 Å². The number of hydrogen-bond acceptors (Lipinski definition) is 6. The fourth-order valence-corrected chi connectivity index (χ4v) is 2.27. The first-order valence-electron chi connectivity index (χ1n) is 4.95. The minimum absolute atomic E-state index is 0.450. The Morgan fingerprint density at radius 1 is 1.71 bits per heavy atom. The molecule has 0 saturated heterocycles. The van der Waals surface area contributed by atoms with Gasteiger partial charge in [-0.05, 0) is 18.4 Å². The molecule has 0 atom stereocenters. The molecule has 0 amide bonds. The van der Waals surface area contributed by atoms with Gasteiger partial charge in [0.2, 0.25) is 0 Å². The van der Waals surface area contributed by atoms with Gasteiger partial charge >= 0.3 is 0 Å². The van der Waals surface area contributed by atoms with Crippen molar-refractivity contribution in [2.75, 3.05) is 18.6 Å². The molecule has 17 heavy (non-hydrogen) atoms. The molecule has 1 aromatic rings. The highest BCUT2D eigenvalue weighted by molar-refractivity contribution is 8.02. The number of rotatable bonds is 8. The third-order valence-corrected chi connectivity index (χ3v) is 3.48. The van der Waals surface area contributed by atoms with Gasteiger partial charge in [0.05, 0.1) is 16.9 Å². The molecular formula is C10H14N2O3S2. The van der Waals surface area contributed by atoms with Crippen molar-refractivity contribution in [3.8, 4) is 0 Å². The first-order chi connectivity index (χ1) is 8.22. The second kappa shape index (κ2) is 8.08. The summed E-state index contributed by atoms with van der Waals surface area (Å²) in [5.41, 5.74) is 0. The first-order valence-corrected chi connectivity index (χ1v) is 7.33. The number of nitro groups is 1.